The summed E-state index contributed by atoms with van der Waals surface area (Å²) < 4.78 is 0. The number of pyridine rings is 1. The first-order chi connectivity index (χ1) is 7.74. The van der Waals surface area contributed by atoms with Crippen molar-refractivity contribution in [3.8, 4) is 18.4 Å². The minimum absolute atomic E-state index is 0.00182. The van der Waals surface area contributed by atoms with Gasteiger partial charge < -0.3 is 4.90 Å². The Labute approximate surface area is 93.5 Å². The Morgan fingerprint density at radius 1 is 1.62 bits per heavy atom. The van der Waals surface area contributed by atoms with Gasteiger partial charge in [0.15, 0.2) is 0 Å². The molecule has 16 heavy (non-hydrogen) atoms. The molecule has 0 aromatic carbocycles. The van der Waals surface area contributed by atoms with Crippen molar-refractivity contribution in [2.45, 2.75) is 6.42 Å². The molecule has 1 aliphatic heterocycles. The first kappa shape index (κ1) is 10.2. The van der Waals surface area contributed by atoms with Gasteiger partial charge in [0.2, 0.25) is 5.91 Å². The fourth-order valence-corrected chi connectivity index (χ4v) is 1.72. The van der Waals surface area contributed by atoms with E-state index in [9.17, 15) is 4.79 Å². The lowest BCUT2D eigenvalue weighted by molar-refractivity contribution is -0.117. The van der Waals surface area contributed by atoms with Gasteiger partial charge in [0, 0.05) is 30.8 Å². The van der Waals surface area contributed by atoms with Crippen LogP contribution in [0.4, 0.5) is 5.69 Å². The van der Waals surface area contributed by atoms with Crippen LogP contribution in [0.3, 0.4) is 0 Å². The summed E-state index contributed by atoms with van der Waals surface area (Å²) in [6.07, 6.45) is 7.19. The number of nitriles is 1. The van der Waals surface area contributed by atoms with Crippen LogP contribution in [0.25, 0.3) is 0 Å². The number of carbonyl (C=O) groups is 1. The number of nitrogens with zero attached hydrogens (tertiary/aromatic N) is 3. The molecule has 0 bridgehead atoms. The molecular weight excluding hydrogens is 202 g/mol. The van der Waals surface area contributed by atoms with Crippen LogP contribution < -0.4 is 4.90 Å². The number of carbonyl (C=O) groups excluding carboxylic acids is 1. The van der Waals surface area contributed by atoms with Crippen molar-refractivity contribution in [3.05, 3.63) is 24.0 Å². The lowest BCUT2D eigenvalue weighted by Crippen LogP contribution is -2.24. The minimum Gasteiger partial charge on any atom is -0.311 e. The molecule has 1 fully saturated rings. The van der Waals surface area contributed by atoms with Gasteiger partial charge in [-0.15, -0.1) is 12.3 Å². The standard InChI is InChI=1S/C12H9N3O/c1-2-9-5-12(16)15(8-9)11-3-4-14-10(6-11)7-13/h1,3-4,6,9H,5,8H2. The predicted molar refractivity (Wildman–Crippen MR) is 58.2 cm³/mol. The normalized spacial score (nSPS) is 19.2. The number of hydrogen-bond acceptors (Lipinski definition) is 3. The molecule has 0 N–H and O–H groups in total. The SMILES string of the molecule is C#CC1CC(=O)N(c2ccnc(C#N)c2)C1. The molecule has 2 heterocycles. The van der Waals surface area contributed by atoms with E-state index in [4.69, 9.17) is 11.7 Å². The predicted octanol–water partition coefficient (Wildman–Crippen LogP) is 0.939. The second-order valence-electron chi connectivity index (χ2n) is 3.58. The van der Waals surface area contributed by atoms with Gasteiger partial charge in [0.05, 0.1) is 0 Å². The van der Waals surface area contributed by atoms with Crippen LogP contribution >= 0.6 is 0 Å². The summed E-state index contributed by atoms with van der Waals surface area (Å²) in [6, 6.07) is 5.24. The fraction of sp³-hybridized carbons (Fsp3) is 0.250. The highest BCUT2D eigenvalue weighted by molar-refractivity contribution is 5.96. The van der Waals surface area contributed by atoms with Gasteiger partial charge in [-0.05, 0) is 12.1 Å². The Balaban J connectivity index is 2.29. The van der Waals surface area contributed by atoms with E-state index in [1.807, 2.05) is 6.07 Å². The third kappa shape index (κ3) is 1.74. The maximum Gasteiger partial charge on any atom is 0.228 e. The van der Waals surface area contributed by atoms with E-state index in [1.165, 1.54) is 6.20 Å². The molecule has 1 aromatic rings. The molecule has 1 aromatic heterocycles. The summed E-state index contributed by atoms with van der Waals surface area (Å²) in [7, 11) is 0. The minimum atomic E-state index is -0.0359. The highest BCUT2D eigenvalue weighted by Gasteiger charge is 2.29. The van der Waals surface area contributed by atoms with Crippen molar-refractivity contribution < 1.29 is 4.79 Å². The fourth-order valence-electron chi connectivity index (χ4n) is 1.72. The van der Waals surface area contributed by atoms with E-state index < -0.39 is 0 Å². The van der Waals surface area contributed by atoms with Gasteiger partial charge in [0.25, 0.3) is 0 Å². The molecule has 1 saturated heterocycles. The Kier molecular flexibility index (Phi) is 2.57. The second kappa shape index (κ2) is 4.04. The molecule has 78 valence electrons. The molecule has 0 saturated carbocycles. The van der Waals surface area contributed by atoms with Crippen LogP contribution in [0.15, 0.2) is 18.3 Å². The quantitative estimate of drug-likeness (QED) is 0.649. The van der Waals surface area contributed by atoms with E-state index in [0.717, 1.165) is 0 Å². The first-order valence-electron chi connectivity index (χ1n) is 4.87. The third-order valence-corrected chi connectivity index (χ3v) is 2.53. The van der Waals surface area contributed by atoms with Gasteiger partial charge in [0.1, 0.15) is 11.8 Å². The molecule has 2 rings (SSSR count). The number of rotatable bonds is 1. The Morgan fingerprint density at radius 3 is 3.06 bits per heavy atom. The average molecular weight is 211 g/mol. The molecule has 1 unspecified atom stereocenters. The van der Waals surface area contributed by atoms with Crippen LogP contribution in [0.1, 0.15) is 12.1 Å². The van der Waals surface area contributed by atoms with Gasteiger partial charge >= 0.3 is 0 Å². The molecule has 1 aliphatic rings. The zero-order valence-electron chi connectivity index (χ0n) is 8.55. The highest BCUT2D eigenvalue weighted by Crippen LogP contribution is 2.24. The molecule has 4 nitrogen and oxygen atoms in total. The topological polar surface area (TPSA) is 57.0 Å². The summed E-state index contributed by atoms with van der Waals surface area (Å²) in [5.74, 6) is 2.54. The van der Waals surface area contributed by atoms with Crippen molar-refractivity contribution in [1.29, 1.82) is 5.26 Å². The average Bonchev–Trinajstić information content (AvgIpc) is 2.71. The molecule has 0 aliphatic carbocycles. The van der Waals surface area contributed by atoms with Gasteiger partial charge in [-0.3, -0.25) is 4.79 Å². The smallest absolute Gasteiger partial charge is 0.228 e. The Hall–Kier alpha value is -2.33. The van der Waals surface area contributed by atoms with E-state index in [1.54, 1.807) is 17.0 Å². The number of anilines is 1. The van der Waals surface area contributed by atoms with E-state index in [2.05, 4.69) is 10.9 Å². The molecule has 1 amide bonds. The number of hydrogen-bond donors (Lipinski definition) is 0. The summed E-state index contributed by atoms with van der Waals surface area (Å²) in [5, 5.41) is 8.72. The van der Waals surface area contributed by atoms with Crippen LogP contribution in [0, 0.1) is 29.6 Å². The molecular formula is C12H9N3O. The molecule has 4 heteroatoms. The van der Waals surface area contributed by atoms with Crippen LogP contribution in [0.5, 0.6) is 0 Å². The highest BCUT2D eigenvalue weighted by atomic mass is 16.2. The lowest BCUT2D eigenvalue weighted by atomic mass is 10.1. The van der Waals surface area contributed by atoms with E-state index in [0.29, 0.717) is 24.3 Å². The maximum atomic E-state index is 11.7. The monoisotopic (exact) mass is 211 g/mol. The third-order valence-electron chi connectivity index (χ3n) is 2.53. The first-order valence-corrected chi connectivity index (χ1v) is 4.87. The summed E-state index contributed by atoms with van der Waals surface area (Å²) in [4.78, 5) is 17.1. The van der Waals surface area contributed by atoms with Gasteiger partial charge in [-0.2, -0.15) is 5.26 Å². The summed E-state index contributed by atoms with van der Waals surface area (Å²) in [5.41, 5.74) is 0.990. The summed E-state index contributed by atoms with van der Waals surface area (Å²) >= 11 is 0. The lowest BCUT2D eigenvalue weighted by Gasteiger charge is -2.15. The van der Waals surface area contributed by atoms with E-state index in [-0.39, 0.29) is 11.8 Å². The van der Waals surface area contributed by atoms with Crippen molar-refractivity contribution >= 4 is 11.6 Å². The number of amides is 1. The maximum absolute atomic E-state index is 11.7. The number of terminal acetylenes is 1. The zero-order chi connectivity index (χ0) is 11.5. The summed E-state index contributed by atoms with van der Waals surface area (Å²) in [6.45, 7) is 0.518. The molecule has 0 radical (unpaired) electrons. The molecule has 1 atom stereocenters. The van der Waals surface area contributed by atoms with Crippen molar-refractivity contribution in [3.63, 3.8) is 0 Å². The van der Waals surface area contributed by atoms with Crippen LogP contribution in [-0.2, 0) is 4.79 Å². The second-order valence-corrected chi connectivity index (χ2v) is 3.58. The van der Waals surface area contributed by atoms with Gasteiger partial charge in [-0.25, -0.2) is 4.98 Å². The van der Waals surface area contributed by atoms with E-state index >= 15 is 0 Å². The molecule has 0 spiro atoms. The zero-order valence-corrected chi connectivity index (χ0v) is 8.55. The Bertz CT molecular complexity index is 510. The Morgan fingerprint density at radius 2 is 2.44 bits per heavy atom. The van der Waals surface area contributed by atoms with Crippen LogP contribution in [0.2, 0.25) is 0 Å². The van der Waals surface area contributed by atoms with Gasteiger partial charge in [-0.1, -0.05) is 0 Å². The van der Waals surface area contributed by atoms with Crippen molar-refractivity contribution in [1.82, 2.24) is 4.98 Å². The largest absolute Gasteiger partial charge is 0.311 e. The van der Waals surface area contributed by atoms with Crippen molar-refractivity contribution in [2.24, 2.45) is 5.92 Å². The van der Waals surface area contributed by atoms with Crippen molar-refractivity contribution in [2.75, 3.05) is 11.4 Å². The van der Waals surface area contributed by atoms with Crippen LogP contribution in [-0.4, -0.2) is 17.4 Å². The number of aromatic nitrogens is 1.